The lowest BCUT2D eigenvalue weighted by atomic mass is 10.00. The standard InChI is InChI=1S/C14H15NO3S/c16-13(17)7-15(9-5-6-9)14(18)11-8-19-12-4-2-1-3-10(11)12/h1-4,9,11H,5-8H2,(H,16,17)/t11-/m1/s1. The number of carboxylic acid groups (broad SMARTS) is 1. The van der Waals surface area contributed by atoms with E-state index in [0.717, 1.165) is 29.1 Å². The number of carbonyl (C=O) groups is 2. The molecular formula is C14H15NO3S. The molecule has 100 valence electrons. The maximum absolute atomic E-state index is 12.6. The average molecular weight is 277 g/mol. The van der Waals surface area contributed by atoms with E-state index in [1.54, 1.807) is 16.7 Å². The van der Waals surface area contributed by atoms with Gasteiger partial charge in [-0.2, -0.15) is 0 Å². The van der Waals surface area contributed by atoms with Crippen LogP contribution in [-0.2, 0) is 9.59 Å². The normalized spacial score (nSPS) is 20.9. The van der Waals surface area contributed by atoms with Gasteiger partial charge in [0.05, 0.1) is 5.92 Å². The van der Waals surface area contributed by atoms with Crippen LogP contribution in [0, 0.1) is 0 Å². The van der Waals surface area contributed by atoms with Gasteiger partial charge in [-0.25, -0.2) is 0 Å². The van der Waals surface area contributed by atoms with Crippen molar-refractivity contribution in [3.63, 3.8) is 0 Å². The van der Waals surface area contributed by atoms with Gasteiger partial charge in [0, 0.05) is 16.7 Å². The number of fused-ring (bicyclic) bond motifs is 1. The molecule has 1 N–H and O–H groups in total. The Morgan fingerprint density at radius 3 is 2.74 bits per heavy atom. The van der Waals surface area contributed by atoms with Gasteiger partial charge >= 0.3 is 5.97 Å². The van der Waals surface area contributed by atoms with Crippen molar-refractivity contribution in [2.24, 2.45) is 0 Å². The first-order valence-electron chi connectivity index (χ1n) is 6.41. The van der Waals surface area contributed by atoms with Crippen molar-refractivity contribution < 1.29 is 14.7 Å². The first-order chi connectivity index (χ1) is 9.16. The highest BCUT2D eigenvalue weighted by atomic mass is 32.2. The molecule has 3 rings (SSSR count). The highest BCUT2D eigenvalue weighted by Crippen LogP contribution is 2.41. The van der Waals surface area contributed by atoms with E-state index in [2.05, 4.69) is 0 Å². The molecule has 0 aromatic heterocycles. The van der Waals surface area contributed by atoms with E-state index < -0.39 is 5.97 Å². The van der Waals surface area contributed by atoms with Gasteiger partial charge in [0.1, 0.15) is 6.54 Å². The molecule has 1 saturated carbocycles. The van der Waals surface area contributed by atoms with Gasteiger partial charge in [-0.3, -0.25) is 9.59 Å². The molecule has 0 saturated heterocycles. The highest BCUT2D eigenvalue weighted by Gasteiger charge is 2.39. The summed E-state index contributed by atoms with van der Waals surface area (Å²) in [4.78, 5) is 26.2. The van der Waals surface area contributed by atoms with Gasteiger partial charge in [0.2, 0.25) is 5.91 Å². The van der Waals surface area contributed by atoms with E-state index in [1.807, 2.05) is 24.3 Å². The summed E-state index contributed by atoms with van der Waals surface area (Å²) in [6, 6.07) is 8.04. The Morgan fingerprint density at radius 2 is 2.05 bits per heavy atom. The van der Waals surface area contributed by atoms with E-state index in [1.165, 1.54) is 0 Å². The number of thioether (sulfide) groups is 1. The summed E-state index contributed by atoms with van der Waals surface area (Å²) in [5.41, 5.74) is 1.05. The molecule has 19 heavy (non-hydrogen) atoms. The van der Waals surface area contributed by atoms with Gasteiger partial charge in [-0.05, 0) is 24.5 Å². The van der Waals surface area contributed by atoms with Gasteiger partial charge in [0.15, 0.2) is 0 Å². The fraction of sp³-hybridized carbons (Fsp3) is 0.429. The molecule has 1 aromatic carbocycles. The third-order valence-electron chi connectivity index (χ3n) is 3.57. The second-order valence-corrected chi connectivity index (χ2v) is 6.05. The van der Waals surface area contributed by atoms with Crippen LogP contribution < -0.4 is 0 Å². The predicted molar refractivity (Wildman–Crippen MR) is 72.3 cm³/mol. The fourth-order valence-corrected chi connectivity index (χ4v) is 3.71. The fourth-order valence-electron chi connectivity index (χ4n) is 2.49. The van der Waals surface area contributed by atoms with Crippen LogP contribution in [0.2, 0.25) is 0 Å². The zero-order chi connectivity index (χ0) is 13.4. The Labute approximate surface area is 115 Å². The van der Waals surface area contributed by atoms with Gasteiger partial charge in [-0.15, -0.1) is 11.8 Å². The van der Waals surface area contributed by atoms with E-state index in [0.29, 0.717) is 0 Å². The number of carbonyl (C=O) groups excluding carboxylic acids is 1. The quantitative estimate of drug-likeness (QED) is 0.914. The summed E-state index contributed by atoms with van der Waals surface area (Å²) in [6.45, 7) is -0.174. The number of hydrogen-bond donors (Lipinski definition) is 1. The number of hydrogen-bond acceptors (Lipinski definition) is 3. The van der Waals surface area contributed by atoms with Crippen LogP contribution in [0.25, 0.3) is 0 Å². The Bertz CT molecular complexity index is 527. The van der Waals surface area contributed by atoms with Crippen LogP contribution in [0.1, 0.15) is 24.3 Å². The van der Waals surface area contributed by atoms with Crippen molar-refractivity contribution in [2.45, 2.75) is 29.7 Å². The molecule has 0 bridgehead atoms. The van der Waals surface area contributed by atoms with E-state index in [9.17, 15) is 9.59 Å². The third kappa shape index (κ3) is 2.47. The van der Waals surface area contributed by atoms with Crippen LogP contribution in [0.15, 0.2) is 29.2 Å². The van der Waals surface area contributed by atoms with Crippen molar-refractivity contribution in [1.82, 2.24) is 4.90 Å². The lowest BCUT2D eigenvalue weighted by molar-refractivity contribution is -0.145. The van der Waals surface area contributed by atoms with Crippen molar-refractivity contribution >= 4 is 23.6 Å². The molecule has 2 aliphatic rings. The molecule has 1 aliphatic carbocycles. The zero-order valence-electron chi connectivity index (χ0n) is 10.4. The number of rotatable bonds is 4. The van der Waals surface area contributed by atoms with Crippen molar-refractivity contribution in [2.75, 3.05) is 12.3 Å². The Hall–Kier alpha value is -1.49. The van der Waals surface area contributed by atoms with Crippen molar-refractivity contribution in [3.05, 3.63) is 29.8 Å². The minimum Gasteiger partial charge on any atom is -0.480 e. The molecule has 1 heterocycles. The van der Waals surface area contributed by atoms with E-state index in [-0.39, 0.29) is 24.4 Å². The topological polar surface area (TPSA) is 57.6 Å². The zero-order valence-corrected chi connectivity index (χ0v) is 11.2. The Morgan fingerprint density at radius 1 is 1.32 bits per heavy atom. The largest absolute Gasteiger partial charge is 0.480 e. The highest BCUT2D eigenvalue weighted by molar-refractivity contribution is 7.99. The number of aliphatic carboxylic acids is 1. The minimum atomic E-state index is -0.931. The molecule has 1 aromatic rings. The molecule has 4 nitrogen and oxygen atoms in total. The smallest absolute Gasteiger partial charge is 0.323 e. The molecule has 0 unspecified atom stereocenters. The molecule has 0 radical (unpaired) electrons. The number of amides is 1. The van der Waals surface area contributed by atoms with Gasteiger partial charge in [0.25, 0.3) is 0 Å². The maximum atomic E-state index is 12.6. The van der Waals surface area contributed by atoms with Crippen LogP contribution >= 0.6 is 11.8 Å². The summed E-state index contributed by atoms with van der Waals surface area (Å²) < 4.78 is 0. The number of carboxylic acids is 1. The summed E-state index contributed by atoms with van der Waals surface area (Å²) in [5, 5.41) is 8.95. The SMILES string of the molecule is O=C(O)CN(C(=O)[C@@H]1CSc2ccccc21)C1CC1. The summed E-state index contributed by atoms with van der Waals surface area (Å²) >= 11 is 1.68. The van der Waals surface area contributed by atoms with E-state index >= 15 is 0 Å². The van der Waals surface area contributed by atoms with Crippen LogP contribution in [0.3, 0.4) is 0 Å². The molecular weight excluding hydrogens is 262 g/mol. The number of benzene rings is 1. The monoisotopic (exact) mass is 277 g/mol. The first kappa shape index (κ1) is 12.5. The molecule has 1 aliphatic heterocycles. The Balaban J connectivity index is 1.81. The lowest BCUT2D eigenvalue weighted by Gasteiger charge is -2.23. The summed E-state index contributed by atoms with van der Waals surface area (Å²) in [7, 11) is 0. The predicted octanol–water partition coefficient (Wildman–Crippen LogP) is 1.95. The average Bonchev–Trinajstić information content (AvgIpc) is 3.14. The third-order valence-corrected chi connectivity index (χ3v) is 4.76. The maximum Gasteiger partial charge on any atom is 0.323 e. The van der Waals surface area contributed by atoms with Gasteiger partial charge in [-0.1, -0.05) is 18.2 Å². The van der Waals surface area contributed by atoms with Gasteiger partial charge < -0.3 is 10.0 Å². The Kier molecular flexibility index (Phi) is 3.22. The molecule has 1 fully saturated rings. The minimum absolute atomic E-state index is 0.0256. The molecule has 1 amide bonds. The summed E-state index contributed by atoms with van der Waals surface area (Å²) in [6.07, 6.45) is 1.86. The molecule has 5 heteroatoms. The molecule has 1 atom stereocenters. The second kappa shape index (κ2) is 4.89. The van der Waals surface area contributed by atoms with E-state index in [4.69, 9.17) is 5.11 Å². The van der Waals surface area contributed by atoms with Crippen LogP contribution in [0.5, 0.6) is 0 Å². The van der Waals surface area contributed by atoms with Crippen LogP contribution in [0.4, 0.5) is 0 Å². The number of nitrogens with zero attached hydrogens (tertiary/aromatic N) is 1. The van der Waals surface area contributed by atoms with Crippen molar-refractivity contribution in [3.8, 4) is 0 Å². The first-order valence-corrected chi connectivity index (χ1v) is 7.39. The lowest BCUT2D eigenvalue weighted by Crippen LogP contribution is -2.40. The van der Waals surface area contributed by atoms with Crippen molar-refractivity contribution in [1.29, 1.82) is 0 Å². The molecule has 0 spiro atoms. The summed E-state index contributed by atoms with van der Waals surface area (Å²) in [5.74, 6) is -0.413. The second-order valence-electron chi connectivity index (χ2n) is 4.99. The van der Waals surface area contributed by atoms with Crippen LogP contribution in [-0.4, -0.2) is 40.2 Å².